The maximum absolute atomic E-state index is 10.5. The lowest BCUT2D eigenvalue weighted by atomic mass is 9.76. The molecular formula is C12H25NO. The van der Waals surface area contributed by atoms with Crippen LogP contribution < -0.4 is 5.32 Å². The van der Waals surface area contributed by atoms with Gasteiger partial charge in [-0.2, -0.15) is 0 Å². The van der Waals surface area contributed by atoms with Crippen molar-refractivity contribution in [2.45, 2.75) is 64.5 Å². The van der Waals surface area contributed by atoms with Gasteiger partial charge in [0.15, 0.2) is 0 Å². The van der Waals surface area contributed by atoms with Gasteiger partial charge in [0.1, 0.15) is 0 Å². The molecule has 84 valence electrons. The second-order valence-electron chi connectivity index (χ2n) is 5.68. The van der Waals surface area contributed by atoms with E-state index in [0.717, 1.165) is 32.2 Å². The zero-order valence-electron chi connectivity index (χ0n) is 10.1. The van der Waals surface area contributed by atoms with E-state index in [1.807, 2.05) is 0 Å². The first-order valence-corrected chi connectivity index (χ1v) is 5.84. The summed E-state index contributed by atoms with van der Waals surface area (Å²) in [6.07, 6.45) is 3.90. The minimum absolute atomic E-state index is 0.0977. The lowest BCUT2D eigenvalue weighted by Gasteiger charge is -2.43. The minimum Gasteiger partial charge on any atom is -0.390 e. The highest BCUT2D eigenvalue weighted by molar-refractivity contribution is 4.95. The summed E-state index contributed by atoms with van der Waals surface area (Å²) in [4.78, 5) is 0. The Balaban J connectivity index is 2.55. The molecule has 2 unspecified atom stereocenters. The van der Waals surface area contributed by atoms with Crippen LogP contribution in [0.4, 0.5) is 0 Å². The quantitative estimate of drug-likeness (QED) is 0.731. The van der Waals surface area contributed by atoms with E-state index in [1.165, 1.54) is 0 Å². The molecule has 0 bridgehead atoms. The van der Waals surface area contributed by atoms with E-state index in [1.54, 1.807) is 0 Å². The average Bonchev–Trinajstić information content (AvgIpc) is 2.00. The highest BCUT2D eigenvalue weighted by Crippen LogP contribution is 2.33. The fourth-order valence-corrected chi connectivity index (χ4v) is 2.57. The smallest absolute Gasteiger partial charge is 0.0679 e. The molecule has 1 saturated heterocycles. The summed E-state index contributed by atoms with van der Waals surface area (Å²) in [5.41, 5.74) is -0.329. The maximum atomic E-state index is 10.5. The first-order valence-electron chi connectivity index (χ1n) is 5.84. The molecule has 0 spiro atoms. The van der Waals surface area contributed by atoms with E-state index >= 15 is 0 Å². The van der Waals surface area contributed by atoms with E-state index in [-0.39, 0.29) is 5.54 Å². The molecule has 0 aromatic heterocycles. The first-order chi connectivity index (χ1) is 6.37. The van der Waals surface area contributed by atoms with Crippen molar-refractivity contribution in [3.63, 3.8) is 0 Å². The molecule has 1 rings (SSSR count). The average molecular weight is 199 g/mol. The van der Waals surface area contributed by atoms with Crippen molar-refractivity contribution in [1.29, 1.82) is 0 Å². The normalized spacial score (nSPS) is 34.1. The summed E-state index contributed by atoms with van der Waals surface area (Å²) >= 11 is 0. The van der Waals surface area contributed by atoms with Crippen molar-refractivity contribution in [3.8, 4) is 0 Å². The monoisotopic (exact) mass is 199 g/mol. The van der Waals surface area contributed by atoms with Crippen LogP contribution in [0.5, 0.6) is 0 Å². The summed E-state index contributed by atoms with van der Waals surface area (Å²) < 4.78 is 0. The van der Waals surface area contributed by atoms with Crippen LogP contribution in [0.3, 0.4) is 0 Å². The zero-order valence-corrected chi connectivity index (χ0v) is 10.1. The van der Waals surface area contributed by atoms with Crippen molar-refractivity contribution in [3.05, 3.63) is 0 Å². The first kappa shape index (κ1) is 12.0. The van der Waals surface area contributed by atoms with Crippen molar-refractivity contribution >= 4 is 0 Å². The Morgan fingerprint density at radius 3 is 2.57 bits per heavy atom. The van der Waals surface area contributed by atoms with Crippen LogP contribution in [0.2, 0.25) is 0 Å². The largest absolute Gasteiger partial charge is 0.390 e. The molecule has 0 aromatic rings. The number of rotatable bonds is 3. The molecule has 0 aromatic carbocycles. The fourth-order valence-electron chi connectivity index (χ4n) is 2.57. The molecular weight excluding hydrogens is 174 g/mol. The number of piperidine rings is 1. The van der Waals surface area contributed by atoms with Crippen molar-refractivity contribution in [1.82, 2.24) is 5.32 Å². The van der Waals surface area contributed by atoms with Gasteiger partial charge in [0, 0.05) is 5.54 Å². The summed E-state index contributed by atoms with van der Waals surface area (Å²) in [6, 6.07) is 0. The zero-order chi connectivity index (χ0) is 10.8. The highest BCUT2D eigenvalue weighted by Gasteiger charge is 2.38. The van der Waals surface area contributed by atoms with Crippen LogP contribution in [0.25, 0.3) is 0 Å². The van der Waals surface area contributed by atoms with Crippen LogP contribution in [-0.2, 0) is 0 Å². The summed E-state index contributed by atoms with van der Waals surface area (Å²) in [5, 5.41) is 13.9. The SMILES string of the molecule is CCC(C)CC1(O)CCNC(C)(C)C1. The third kappa shape index (κ3) is 3.25. The van der Waals surface area contributed by atoms with Crippen molar-refractivity contribution in [2.75, 3.05) is 6.54 Å². The molecule has 0 amide bonds. The Hall–Kier alpha value is -0.0800. The topological polar surface area (TPSA) is 32.3 Å². The molecule has 0 radical (unpaired) electrons. The third-order valence-electron chi connectivity index (χ3n) is 3.39. The summed E-state index contributed by atoms with van der Waals surface area (Å²) in [7, 11) is 0. The molecule has 2 atom stereocenters. The second kappa shape index (κ2) is 4.19. The van der Waals surface area contributed by atoms with E-state index in [0.29, 0.717) is 5.92 Å². The van der Waals surface area contributed by atoms with Gasteiger partial charge in [-0.05, 0) is 45.6 Å². The van der Waals surface area contributed by atoms with E-state index < -0.39 is 5.60 Å². The van der Waals surface area contributed by atoms with Gasteiger partial charge < -0.3 is 10.4 Å². The van der Waals surface area contributed by atoms with Gasteiger partial charge in [0.25, 0.3) is 0 Å². The number of nitrogens with one attached hydrogen (secondary N) is 1. The molecule has 2 heteroatoms. The minimum atomic E-state index is -0.426. The van der Waals surface area contributed by atoms with Gasteiger partial charge in [-0.1, -0.05) is 20.3 Å². The van der Waals surface area contributed by atoms with Crippen LogP contribution in [0, 0.1) is 5.92 Å². The molecule has 14 heavy (non-hydrogen) atoms. The molecule has 2 nitrogen and oxygen atoms in total. The fraction of sp³-hybridized carbons (Fsp3) is 1.00. The Kier molecular flexibility index (Phi) is 3.59. The van der Waals surface area contributed by atoms with Crippen LogP contribution in [0.15, 0.2) is 0 Å². The van der Waals surface area contributed by atoms with Gasteiger partial charge in [0.05, 0.1) is 5.60 Å². The number of aliphatic hydroxyl groups is 1. The standard InChI is InChI=1S/C12H25NO/c1-5-10(2)8-12(14)6-7-13-11(3,4)9-12/h10,13-14H,5-9H2,1-4H3. The molecule has 1 aliphatic rings. The van der Waals surface area contributed by atoms with Gasteiger partial charge in [-0.3, -0.25) is 0 Å². The van der Waals surface area contributed by atoms with Gasteiger partial charge in [0.2, 0.25) is 0 Å². The molecule has 0 saturated carbocycles. The predicted octanol–water partition coefficient (Wildman–Crippen LogP) is 2.32. The number of hydrogen-bond acceptors (Lipinski definition) is 2. The van der Waals surface area contributed by atoms with E-state index in [4.69, 9.17) is 0 Å². The number of hydrogen-bond donors (Lipinski definition) is 2. The van der Waals surface area contributed by atoms with Gasteiger partial charge in [-0.15, -0.1) is 0 Å². The Bertz CT molecular complexity index is 191. The van der Waals surface area contributed by atoms with Crippen molar-refractivity contribution < 1.29 is 5.11 Å². The van der Waals surface area contributed by atoms with Crippen LogP contribution in [0.1, 0.15) is 53.4 Å². The molecule has 1 heterocycles. The maximum Gasteiger partial charge on any atom is 0.0679 e. The Labute approximate surface area is 88.1 Å². The van der Waals surface area contributed by atoms with Crippen molar-refractivity contribution in [2.24, 2.45) is 5.92 Å². The van der Waals surface area contributed by atoms with Gasteiger partial charge >= 0.3 is 0 Å². The van der Waals surface area contributed by atoms with E-state index in [2.05, 4.69) is 33.0 Å². The lowest BCUT2D eigenvalue weighted by molar-refractivity contribution is -0.0381. The third-order valence-corrected chi connectivity index (χ3v) is 3.39. The molecule has 1 fully saturated rings. The van der Waals surface area contributed by atoms with Gasteiger partial charge in [-0.25, -0.2) is 0 Å². The predicted molar refractivity (Wildman–Crippen MR) is 60.3 cm³/mol. The molecule has 0 aliphatic carbocycles. The van der Waals surface area contributed by atoms with Crippen LogP contribution >= 0.6 is 0 Å². The molecule has 2 N–H and O–H groups in total. The molecule has 1 aliphatic heterocycles. The Morgan fingerprint density at radius 2 is 2.07 bits per heavy atom. The highest BCUT2D eigenvalue weighted by atomic mass is 16.3. The second-order valence-corrected chi connectivity index (χ2v) is 5.68. The summed E-state index contributed by atoms with van der Waals surface area (Å²) in [6.45, 7) is 9.72. The van der Waals surface area contributed by atoms with Crippen LogP contribution in [-0.4, -0.2) is 22.8 Å². The van der Waals surface area contributed by atoms with E-state index in [9.17, 15) is 5.11 Å². The Morgan fingerprint density at radius 1 is 1.43 bits per heavy atom. The lowest BCUT2D eigenvalue weighted by Crippen LogP contribution is -2.54. The summed E-state index contributed by atoms with van der Waals surface area (Å²) in [5.74, 6) is 0.633.